The van der Waals surface area contributed by atoms with Gasteiger partial charge in [-0.05, 0) is 24.3 Å². The molecule has 0 radical (unpaired) electrons. The Bertz CT molecular complexity index is 694. The lowest BCUT2D eigenvalue weighted by Crippen LogP contribution is -2.09. The summed E-state index contributed by atoms with van der Waals surface area (Å²) >= 11 is 0. The van der Waals surface area contributed by atoms with Gasteiger partial charge in [-0.1, -0.05) is 12.1 Å². The Morgan fingerprint density at radius 2 is 2.16 bits per heavy atom. The molecule has 0 fully saturated rings. The molecule has 2 aromatic heterocycles. The molecule has 1 aromatic carbocycles. The largest absolute Gasteiger partial charge is 0.451 e. The van der Waals surface area contributed by atoms with Crippen LogP contribution in [0.4, 0.5) is 0 Å². The summed E-state index contributed by atoms with van der Waals surface area (Å²) in [6, 6.07) is 10.9. The van der Waals surface area contributed by atoms with Gasteiger partial charge < -0.3 is 13.7 Å². The molecular weight excluding hydrogens is 244 g/mol. The third kappa shape index (κ3) is 2.22. The van der Waals surface area contributed by atoms with Crippen molar-refractivity contribution in [3.8, 4) is 0 Å². The zero-order chi connectivity index (χ0) is 13.2. The van der Waals surface area contributed by atoms with Crippen LogP contribution in [-0.2, 0) is 18.4 Å². The van der Waals surface area contributed by atoms with Crippen molar-refractivity contribution in [1.29, 1.82) is 0 Å². The van der Waals surface area contributed by atoms with Gasteiger partial charge in [0, 0.05) is 13.2 Å². The molecule has 19 heavy (non-hydrogen) atoms. The SMILES string of the molecule is Cn1cccc1C(=O)OCc1nc2ccccc2o1. The lowest BCUT2D eigenvalue weighted by Gasteiger charge is -2.02. The molecule has 0 saturated heterocycles. The van der Waals surface area contributed by atoms with E-state index in [-0.39, 0.29) is 6.61 Å². The zero-order valence-corrected chi connectivity index (χ0v) is 10.4. The van der Waals surface area contributed by atoms with E-state index in [0.717, 1.165) is 5.52 Å². The number of rotatable bonds is 3. The highest BCUT2D eigenvalue weighted by atomic mass is 16.5. The second-order valence-corrected chi connectivity index (χ2v) is 4.16. The number of aryl methyl sites for hydroxylation is 1. The second-order valence-electron chi connectivity index (χ2n) is 4.16. The molecule has 0 amide bonds. The van der Waals surface area contributed by atoms with E-state index in [9.17, 15) is 4.79 Å². The number of nitrogens with zero attached hydrogens (tertiary/aromatic N) is 2. The maximum Gasteiger partial charge on any atom is 0.355 e. The molecule has 0 bridgehead atoms. The molecule has 0 atom stereocenters. The lowest BCUT2D eigenvalue weighted by atomic mass is 10.3. The van der Waals surface area contributed by atoms with E-state index < -0.39 is 5.97 Å². The predicted molar refractivity (Wildman–Crippen MR) is 68.5 cm³/mol. The number of benzene rings is 1. The van der Waals surface area contributed by atoms with Crippen LogP contribution in [0, 0.1) is 0 Å². The molecule has 0 aliphatic heterocycles. The Labute approximate surface area is 109 Å². The van der Waals surface area contributed by atoms with Crippen molar-refractivity contribution in [2.75, 3.05) is 0 Å². The fraction of sp³-hybridized carbons (Fsp3) is 0.143. The Morgan fingerprint density at radius 1 is 1.32 bits per heavy atom. The number of hydrogen-bond donors (Lipinski definition) is 0. The fourth-order valence-electron chi connectivity index (χ4n) is 1.86. The van der Waals surface area contributed by atoms with E-state index in [1.54, 1.807) is 29.9 Å². The average Bonchev–Trinajstić information content (AvgIpc) is 3.01. The minimum atomic E-state index is -0.394. The maximum absolute atomic E-state index is 11.8. The van der Waals surface area contributed by atoms with Gasteiger partial charge in [0.25, 0.3) is 0 Å². The molecule has 5 heteroatoms. The molecule has 5 nitrogen and oxygen atoms in total. The van der Waals surface area contributed by atoms with Gasteiger partial charge in [0.1, 0.15) is 11.2 Å². The quantitative estimate of drug-likeness (QED) is 0.676. The van der Waals surface area contributed by atoms with Gasteiger partial charge in [-0.15, -0.1) is 0 Å². The fourth-order valence-corrected chi connectivity index (χ4v) is 1.86. The zero-order valence-electron chi connectivity index (χ0n) is 10.4. The first-order chi connectivity index (χ1) is 9.24. The van der Waals surface area contributed by atoms with Crippen LogP contribution in [0.15, 0.2) is 47.0 Å². The van der Waals surface area contributed by atoms with Crippen molar-refractivity contribution >= 4 is 17.1 Å². The number of ether oxygens (including phenoxy) is 1. The Kier molecular flexibility index (Phi) is 2.79. The van der Waals surface area contributed by atoms with E-state index in [2.05, 4.69) is 4.98 Å². The summed E-state index contributed by atoms with van der Waals surface area (Å²) in [7, 11) is 1.79. The summed E-state index contributed by atoms with van der Waals surface area (Å²) in [4.78, 5) is 16.0. The number of oxazole rings is 1. The smallest absolute Gasteiger partial charge is 0.355 e. The molecule has 3 aromatic rings. The topological polar surface area (TPSA) is 57.3 Å². The Balaban J connectivity index is 1.72. The molecule has 0 saturated carbocycles. The monoisotopic (exact) mass is 256 g/mol. The molecule has 0 N–H and O–H groups in total. The van der Waals surface area contributed by atoms with Crippen molar-refractivity contribution < 1.29 is 13.9 Å². The molecule has 0 spiro atoms. The maximum atomic E-state index is 11.8. The van der Waals surface area contributed by atoms with Crippen LogP contribution in [0.2, 0.25) is 0 Å². The first-order valence-electron chi connectivity index (χ1n) is 5.87. The molecule has 96 valence electrons. The third-order valence-electron chi connectivity index (χ3n) is 2.82. The summed E-state index contributed by atoms with van der Waals surface area (Å²) in [5.41, 5.74) is 1.94. The van der Waals surface area contributed by atoms with Crippen LogP contribution >= 0.6 is 0 Å². The van der Waals surface area contributed by atoms with Gasteiger partial charge in [-0.25, -0.2) is 9.78 Å². The van der Waals surface area contributed by atoms with Gasteiger partial charge >= 0.3 is 5.97 Å². The molecular formula is C14H12N2O3. The highest BCUT2D eigenvalue weighted by Gasteiger charge is 2.12. The number of hydrogen-bond acceptors (Lipinski definition) is 4. The van der Waals surface area contributed by atoms with Gasteiger partial charge in [0.15, 0.2) is 12.2 Å². The van der Waals surface area contributed by atoms with Gasteiger partial charge in [-0.3, -0.25) is 0 Å². The molecule has 2 heterocycles. The first kappa shape index (κ1) is 11.5. The van der Waals surface area contributed by atoms with Crippen LogP contribution in [0.25, 0.3) is 11.1 Å². The van der Waals surface area contributed by atoms with Crippen LogP contribution in [0.5, 0.6) is 0 Å². The predicted octanol–water partition coefficient (Wildman–Crippen LogP) is 2.52. The summed E-state index contributed by atoms with van der Waals surface area (Å²) in [5.74, 6) is -0.00137. The number of fused-ring (bicyclic) bond motifs is 1. The van der Waals surface area contributed by atoms with Crippen LogP contribution in [-0.4, -0.2) is 15.5 Å². The van der Waals surface area contributed by atoms with Crippen molar-refractivity contribution in [2.24, 2.45) is 7.05 Å². The lowest BCUT2D eigenvalue weighted by molar-refractivity contribution is 0.0429. The molecule has 0 unspecified atom stereocenters. The van der Waals surface area contributed by atoms with Crippen LogP contribution in [0.3, 0.4) is 0 Å². The van der Waals surface area contributed by atoms with Gasteiger partial charge in [0.05, 0.1) is 0 Å². The van der Waals surface area contributed by atoms with E-state index in [0.29, 0.717) is 17.2 Å². The van der Waals surface area contributed by atoms with Crippen LogP contribution < -0.4 is 0 Å². The van der Waals surface area contributed by atoms with E-state index in [1.165, 1.54) is 0 Å². The Morgan fingerprint density at radius 3 is 2.89 bits per heavy atom. The van der Waals surface area contributed by atoms with E-state index in [1.807, 2.05) is 24.3 Å². The number of carbonyl (C=O) groups is 1. The van der Waals surface area contributed by atoms with Crippen molar-refractivity contribution in [3.05, 3.63) is 54.2 Å². The number of esters is 1. The molecule has 0 aliphatic rings. The minimum Gasteiger partial charge on any atom is -0.451 e. The average molecular weight is 256 g/mol. The van der Waals surface area contributed by atoms with Crippen molar-refractivity contribution in [3.63, 3.8) is 0 Å². The standard InChI is InChI=1S/C14H12N2O3/c1-16-8-4-6-11(16)14(17)18-9-13-15-10-5-2-3-7-12(10)19-13/h2-8H,9H2,1H3. The third-order valence-corrected chi connectivity index (χ3v) is 2.82. The number of aromatic nitrogens is 2. The number of para-hydroxylation sites is 2. The first-order valence-corrected chi connectivity index (χ1v) is 5.87. The van der Waals surface area contributed by atoms with Crippen molar-refractivity contribution in [2.45, 2.75) is 6.61 Å². The number of carbonyl (C=O) groups excluding carboxylic acids is 1. The summed E-state index contributed by atoms with van der Waals surface area (Å²) in [5, 5.41) is 0. The summed E-state index contributed by atoms with van der Waals surface area (Å²) in [6.07, 6.45) is 1.79. The molecule has 0 aliphatic carbocycles. The summed E-state index contributed by atoms with van der Waals surface area (Å²) < 4.78 is 12.3. The van der Waals surface area contributed by atoms with Crippen molar-refractivity contribution in [1.82, 2.24) is 9.55 Å². The van der Waals surface area contributed by atoms with Gasteiger partial charge in [-0.2, -0.15) is 0 Å². The normalized spacial score (nSPS) is 10.8. The van der Waals surface area contributed by atoms with E-state index in [4.69, 9.17) is 9.15 Å². The summed E-state index contributed by atoms with van der Waals surface area (Å²) in [6.45, 7) is 0.0265. The van der Waals surface area contributed by atoms with E-state index >= 15 is 0 Å². The Hall–Kier alpha value is -2.56. The molecule has 3 rings (SSSR count). The second kappa shape index (κ2) is 4.61. The highest BCUT2D eigenvalue weighted by molar-refractivity contribution is 5.87. The van der Waals surface area contributed by atoms with Gasteiger partial charge in [0.2, 0.25) is 5.89 Å². The highest BCUT2D eigenvalue weighted by Crippen LogP contribution is 2.15. The van der Waals surface area contributed by atoms with Crippen LogP contribution in [0.1, 0.15) is 16.4 Å². The minimum absolute atomic E-state index is 0.0265.